The van der Waals surface area contributed by atoms with E-state index in [1.54, 1.807) is 4.90 Å². The summed E-state index contributed by atoms with van der Waals surface area (Å²) in [6.07, 6.45) is 0.464. The maximum atomic E-state index is 12.5. The van der Waals surface area contributed by atoms with Crippen LogP contribution in [0.4, 0.5) is 0 Å². The van der Waals surface area contributed by atoms with E-state index in [9.17, 15) is 14.7 Å². The minimum absolute atomic E-state index is 0.0445. The van der Waals surface area contributed by atoms with Crippen molar-refractivity contribution in [3.8, 4) is 11.4 Å². The van der Waals surface area contributed by atoms with Crippen molar-refractivity contribution in [2.24, 2.45) is 11.3 Å². The number of benzene rings is 1. The van der Waals surface area contributed by atoms with E-state index in [1.807, 2.05) is 44.2 Å². The monoisotopic (exact) mass is 343 g/mol. The first-order valence-electron chi connectivity index (χ1n) is 8.27. The van der Waals surface area contributed by atoms with Crippen molar-refractivity contribution in [3.05, 3.63) is 30.3 Å². The molecule has 0 bridgehead atoms. The minimum Gasteiger partial charge on any atom is -0.481 e. The standard InChI is InChI=1S/C17H21N5O3/c1-12(2)17(16(24)25)8-9-21(11-17)14(23)10-22-19-15(18-20-22)13-6-4-3-5-7-13/h3-7,12H,8-11H2,1-2H3,(H,24,25). The fourth-order valence-electron chi connectivity index (χ4n) is 3.17. The lowest BCUT2D eigenvalue weighted by Gasteiger charge is -2.28. The normalized spacial score (nSPS) is 20.2. The fraction of sp³-hybridized carbons (Fsp3) is 0.471. The van der Waals surface area contributed by atoms with Gasteiger partial charge >= 0.3 is 5.97 Å². The largest absolute Gasteiger partial charge is 0.481 e. The number of amides is 1. The van der Waals surface area contributed by atoms with E-state index in [2.05, 4.69) is 15.4 Å². The van der Waals surface area contributed by atoms with Crippen LogP contribution >= 0.6 is 0 Å². The van der Waals surface area contributed by atoms with Crippen LogP contribution in [0.15, 0.2) is 30.3 Å². The van der Waals surface area contributed by atoms with Gasteiger partial charge in [-0.15, -0.1) is 10.2 Å². The van der Waals surface area contributed by atoms with Crippen molar-refractivity contribution < 1.29 is 14.7 Å². The summed E-state index contributed by atoms with van der Waals surface area (Å²) in [7, 11) is 0. The number of hydrogen-bond acceptors (Lipinski definition) is 5. The molecule has 1 amide bonds. The molecule has 8 nitrogen and oxygen atoms in total. The van der Waals surface area contributed by atoms with E-state index in [0.29, 0.717) is 18.8 Å². The van der Waals surface area contributed by atoms with Gasteiger partial charge in [-0.25, -0.2) is 0 Å². The van der Waals surface area contributed by atoms with Crippen LogP contribution in [-0.2, 0) is 16.1 Å². The van der Waals surface area contributed by atoms with Crippen molar-refractivity contribution in [2.45, 2.75) is 26.8 Å². The molecule has 0 radical (unpaired) electrons. The van der Waals surface area contributed by atoms with Gasteiger partial charge in [0, 0.05) is 18.7 Å². The van der Waals surface area contributed by atoms with Crippen LogP contribution in [0.5, 0.6) is 0 Å². The summed E-state index contributed by atoms with van der Waals surface area (Å²) in [5, 5.41) is 21.7. The van der Waals surface area contributed by atoms with Crippen LogP contribution in [0.3, 0.4) is 0 Å². The van der Waals surface area contributed by atoms with E-state index in [-0.39, 0.29) is 24.9 Å². The highest BCUT2D eigenvalue weighted by molar-refractivity contribution is 5.80. The highest BCUT2D eigenvalue weighted by Crippen LogP contribution is 2.38. The van der Waals surface area contributed by atoms with E-state index < -0.39 is 11.4 Å². The number of tetrazole rings is 1. The number of carbonyl (C=O) groups excluding carboxylic acids is 1. The molecule has 1 atom stereocenters. The zero-order valence-electron chi connectivity index (χ0n) is 14.3. The van der Waals surface area contributed by atoms with Gasteiger partial charge in [-0.3, -0.25) is 9.59 Å². The molecule has 25 heavy (non-hydrogen) atoms. The fourth-order valence-corrected chi connectivity index (χ4v) is 3.17. The third kappa shape index (κ3) is 3.24. The Bertz CT molecular complexity index is 774. The molecule has 1 aromatic carbocycles. The Labute approximate surface area is 145 Å². The number of carbonyl (C=O) groups is 2. The minimum atomic E-state index is -0.874. The summed E-state index contributed by atoms with van der Waals surface area (Å²) in [4.78, 5) is 27.0. The van der Waals surface area contributed by atoms with E-state index in [4.69, 9.17) is 0 Å². The quantitative estimate of drug-likeness (QED) is 0.878. The summed E-state index contributed by atoms with van der Waals surface area (Å²) in [5.41, 5.74) is -0.0484. The second kappa shape index (κ2) is 6.62. The molecule has 1 aromatic heterocycles. The topological polar surface area (TPSA) is 101 Å². The van der Waals surface area contributed by atoms with Gasteiger partial charge in [0.1, 0.15) is 6.54 Å². The number of carboxylic acids is 1. The van der Waals surface area contributed by atoms with Crippen LogP contribution < -0.4 is 0 Å². The molecule has 0 saturated carbocycles. The Kier molecular flexibility index (Phi) is 4.52. The molecule has 1 saturated heterocycles. The Balaban J connectivity index is 1.68. The average Bonchev–Trinajstić information content (AvgIpc) is 3.23. The summed E-state index contributed by atoms with van der Waals surface area (Å²) >= 11 is 0. The number of hydrogen-bond donors (Lipinski definition) is 1. The number of nitrogens with zero attached hydrogens (tertiary/aromatic N) is 5. The number of aromatic nitrogens is 4. The van der Waals surface area contributed by atoms with Gasteiger partial charge in [0.2, 0.25) is 11.7 Å². The highest BCUT2D eigenvalue weighted by atomic mass is 16.4. The van der Waals surface area contributed by atoms with Gasteiger partial charge in [-0.05, 0) is 17.6 Å². The molecule has 1 unspecified atom stereocenters. The Hall–Kier alpha value is -2.77. The molecule has 0 aliphatic carbocycles. The number of aliphatic carboxylic acids is 1. The van der Waals surface area contributed by atoms with Gasteiger partial charge in [0.15, 0.2) is 0 Å². The van der Waals surface area contributed by atoms with Crippen molar-refractivity contribution in [2.75, 3.05) is 13.1 Å². The van der Waals surface area contributed by atoms with Crippen LogP contribution in [0.2, 0.25) is 0 Å². The first kappa shape index (κ1) is 17.1. The predicted molar refractivity (Wildman–Crippen MR) is 89.4 cm³/mol. The predicted octanol–water partition coefficient (Wildman–Crippen LogP) is 1.30. The molecule has 1 fully saturated rings. The SMILES string of the molecule is CC(C)C1(C(=O)O)CCN(C(=O)Cn2nnc(-c3ccccc3)n2)C1. The van der Waals surface area contributed by atoms with Gasteiger partial charge < -0.3 is 10.0 Å². The highest BCUT2D eigenvalue weighted by Gasteiger charge is 2.48. The molecule has 2 aromatic rings. The summed E-state index contributed by atoms with van der Waals surface area (Å²) in [6.45, 7) is 4.37. The lowest BCUT2D eigenvalue weighted by molar-refractivity contribution is -0.151. The van der Waals surface area contributed by atoms with Crippen molar-refractivity contribution in [1.29, 1.82) is 0 Å². The smallest absolute Gasteiger partial charge is 0.311 e. The molecule has 8 heteroatoms. The molecule has 1 N–H and O–H groups in total. The summed E-state index contributed by atoms with van der Waals surface area (Å²) in [6, 6.07) is 9.39. The molecular weight excluding hydrogens is 322 g/mol. The molecule has 3 rings (SSSR count). The van der Waals surface area contributed by atoms with Crippen molar-refractivity contribution in [3.63, 3.8) is 0 Å². The van der Waals surface area contributed by atoms with Crippen LogP contribution in [0.1, 0.15) is 20.3 Å². The zero-order chi connectivity index (χ0) is 18.0. The Morgan fingerprint density at radius 3 is 2.60 bits per heavy atom. The van der Waals surface area contributed by atoms with Gasteiger partial charge in [0.25, 0.3) is 0 Å². The summed E-state index contributed by atoms with van der Waals surface area (Å²) < 4.78 is 0. The van der Waals surface area contributed by atoms with Gasteiger partial charge in [-0.1, -0.05) is 44.2 Å². The first-order chi connectivity index (χ1) is 11.9. The molecule has 1 aliphatic rings. The van der Waals surface area contributed by atoms with Crippen LogP contribution in [0.25, 0.3) is 11.4 Å². The maximum Gasteiger partial charge on any atom is 0.311 e. The molecule has 1 aliphatic heterocycles. The third-order valence-corrected chi connectivity index (χ3v) is 4.95. The Morgan fingerprint density at radius 2 is 2.00 bits per heavy atom. The van der Waals surface area contributed by atoms with Gasteiger partial charge in [0.05, 0.1) is 5.41 Å². The number of rotatable bonds is 5. The second-order valence-electron chi connectivity index (χ2n) is 6.69. The first-order valence-corrected chi connectivity index (χ1v) is 8.27. The van der Waals surface area contributed by atoms with Crippen LogP contribution in [0, 0.1) is 11.3 Å². The van der Waals surface area contributed by atoms with Crippen LogP contribution in [-0.4, -0.2) is 55.2 Å². The molecule has 0 spiro atoms. The zero-order valence-corrected chi connectivity index (χ0v) is 14.3. The lowest BCUT2D eigenvalue weighted by atomic mass is 9.76. The lowest BCUT2D eigenvalue weighted by Crippen LogP contribution is -2.41. The molecule has 132 valence electrons. The number of carboxylic acid groups (broad SMARTS) is 1. The maximum absolute atomic E-state index is 12.5. The Morgan fingerprint density at radius 1 is 1.28 bits per heavy atom. The second-order valence-corrected chi connectivity index (χ2v) is 6.69. The molecular formula is C17H21N5O3. The summed E-state index contributed by atoms with van der Waals surface area (Å²) in [5.74, 6) is -0.627. The third-order valence-electron chi connectivity index (χ3n) is 4.95. The van der Waals surface area contributed by atoms with Crippen molar-refractivity contribution >= 4 is 11.9 Å². The van der Waals surface area contributed by atoms with E-state index >= 15 is 0 Å². The molecule has 2 heterocycles. The van der Waals surface area contributed by atoms with Crippen molar-refractivity contribution in [1.82, 2.24) is 25.1 Å². The average molecular weight is 343 g/mol. The number of likely N-dealkylation sites (tertiary alicyclic amines) is 1. The van der Waals surface area contributed by atoms with Gasteiger partial charge in [-0.2, -0.15) is 4.80 Å². The van der Waals surface area contributed by atoms with E-state index in [1.165, 1.54) is 4.80 Å². The van der Waals surface area contributed by atoms with E-state index in [0.717, 1.165) is 5.56 Å².